The highest BCUT2D eigenvalue weighted by atomic mass is 16.5. The van der Waals surface area contributed by atoms with Gasteiger partial charge < -0.3 is 4.74 Å². The summed E-state index contributed by atoms with van der Waals surface area (Å²) in [6.45, 7) is 2.70. The molecule has 0 bridgehead atoms. The largest absolute Gasteiger partial charge is 0.494 e. The van der Waals surface area contributed by atoms with Crippen molar-refractivity contribution >= 4 is 11.8 Å². The van der Waals surface area contributed by atoms with Crippen molar-refractivity contribution in [3.8, 4) is 5.75 Å². The van der Waals surface area contributed by atoms with Gasteiger partial charge in [0.25, 0.3) is 11.8 Å². The number of carbonyl (C=O) groups excluding carboxylic acids is 2. The van der Waals surface area contributed by atoms with Crippen molar-refractivity contribution in [2.75, 3.05) is 6.61 Å². The van der Waals surface area contributed by atoms with Crippen LogP contribution in [0.25, 0.3) is 0 Å². The van der Waals surface area contributed by atoms with E-state index in [1.165, 1.54) is 0 Å². The summed E-state index contributed by atoms with van der Waals surface area (Å²) in [5.41, 5.74) is 0.715. The van der Waals surface area contributed by atoms with Gasteiger partial charge in [-0.3, -0.25) is 9.59 Å². The first-order chi connectivity index (χ1) is 7.72. The molecule has 0 spiro atoms. The van der Waals surface area contributed by atoms with Crippen LogP contribution in [0, 0.1) is 0 Å². The van der Waals surface area contributed by atoms with Crippen molar-refractivity contribution in [3.63, 3.8) is 0 Å². The number of hydrogen-bond acceptors (Lipinski definition) is 3. The van der Waals surface area contributed by atoms with Gasteiger partial charge >= 0.3 is 0 Å². The zero-order chi connectivity index (χ0) is 11.5. The fourth-order valence-electron chi connectivity index (χ4n) is 1.52. The average Bonchev–Trinajstić information content (AvgIpc) is 2.55. The molecule has 16 heavy (non-hydrogen) atoms. The van der Waals surface area contributed by atoms with Crippen molar-refractivity contribution in [2.24, 2.45) is 0 Å². The third-order valence-electron chi connectivity index (χ3n) is 2.42. The maximum Gasteiger partial charge on any atom is 0.281 e. The van der Waals surface area contributed by atoms with Crippen molar-refractivity contribution in [1.29, 1.82) is 0 Å². The first-order valence-electron chi connectivity index (χ1n) is 5.29. The van der Waals surface area contributed by atoms with Crippen LogP contribution in [0.1, 0.15) is 40.5 Å². The van der Waals surface area contributed by atoms with E-state index in [0.717, 1.165) is 12.8 Å². The summed E-state index contributed by atoms with van der Waals surface area (Å²) >= 11 is 0. The second-order valence-electron chi connectivity index (χ2n) is 3.63. The molecule has 4 heteroatoms. The van der Waals surface area contributed by atoms with Crippen LogP contribution in [0.3, 0.4) is 0 Å². The highest BCUT2D eigenvalue weighted by Gasteiger charge is 2.28. The average molecular weight is 218 g/mol. The molecule has 0 aromatic heterocycles. The molecule has 0 atom stereocenters. The maximum atomic E-state index is 11.3. The molecule has 1 aliphatic rings. The van der Waals surface area contributed by atoms with E-state index >= 15 is 0 Å². The van der Waals surface area contributed by atoms with Crippen molar-refractivity contribution in [2.45, 2.75) is 19.8 Å². The lowest BCUT2D eigenvalue weighted by atomic mass is 10.1. The monoisotopic (exact) mass is 218 g/mol. The van der Waals surface area contributed by atoms with Gasteiger partial charge in [0.15, 0.2) is 0 Å². The number of carbonyl (C=O) groups is 2. The summed E-state index contributed by atoms with van der Waals surface area (Å²) in [6, 6.07) is 4.87. The minimum absolute atomic E-state index is 0.346. The summed E-state index contributed by atoms with van der Waals surface area (Å²) in [4.78, 5) is 22.5. The number of ether oxygens (including phenoxy) is 1. The molecule has 2 rings (SSSR count). The van der Waals surface area contributed by atoms with Crippen LogP contribution >= 0.6 is 0 Å². The second kappa shape index (κ2) is 4.35. The van der Waals surface area contributed by atoms with Crippen LogP contribution in [0.4, 0.5) is 0 Å². The molecule has 1 aromatic rings. The van der Waals surface area contributed by atoms with Crippen molar-refractivity contribution < 1.29 is 14.3 Å². The molecule has 0 aliphatic carbocycles. The molecule has 0 unspecified atom stereocenters. The summed E-state index contributed by atoms with van der Waals surface area (Å²) in [6.07, 6.45) is 2.02. The van der Waals surface area contributed by atoms with Crippen LogP contribution in [0.15, 0.2) is 18.2 Å². The molecule has 1 heterocycles. The fourth-order valence-corrected chi connectivity index (χ4v) is 1.52. The molecule has 83 valence electrons. The van der Waals surface area contributed by atoms with Crippen LogP contribution in [0.5, 0.6) is 5.75 Å². The standard InChI is InChI=1S/C12H12NO3/c1-2-3-6-16-8-4-5-9-10(7-8)12(15)13-11(9)14/h4-5,7H,2-3,6H2,1H3. The molecule has 2 amide bonds. The first-order valence-corrected chi connectivity index (χ1v) is 5.29. The molecule has 0 saturated heterocycles. The minimum Gasteiger partial charge on any atom is -0.494 e. The lowest BCUT2D eigenvalue weighted by Crippen LogP contribution is -2.10. The van der Waals surface area contributed by atoms with Crippen molar-refractivity contribution in [1.82, 2.24) is 5.32 Å². The Kier molecular flexibility index (Phi) is 2.90. The van der Waals surface area contributed by atoms with Crippen LogP contribution < -0.4 is 10.1 Å². The van der Waals surface area contributed by atoms with E-state index < -0.39 is 11.8 Å². The smallest absolute Gasteiger partial charge is 0.281 e. The van der Waals surface area contributed by atoms with E-state index in [4.69, 9.17) is 4.74 Å². The van der Waals surface area contributed by atoms with Gasteiger partial charge in [0.05, 0.1) is 17.7 Å². The van der Waals surface area contributed by atoms with Crippen LogP contribution in [0.2, 0.25) is 0 Å². The summed E-state index contributed by atoms with van der Waals surface area (Å²) < 4.78 is 5.45. The number of unbranched alkanes of at least 4 members (excludes halogenated alkanes) is 1. The molecule has 0 fully saturated rings. The maximum absolute atomic E-state index is 11.3. The van der Waals surface area contributed by atoms with Gasteiger partial charge in [-0.15, -0.1) is 0 Å². The Hall–Kier alpha value is -1.84. The summed E-state index contributed by atoms with van der Waals surface area (Å²) in [7, 11) is 0. The molecular weight excluding hydrogens is 206 g/mol. The predicted molar refractivity (Wildman–Crippen MR) is 57.6 cm³/mol. The minimum atomic E-state index is -0.471. The second-order valence-corrected chi connectivity index (χ2v) is 3.63. The number of fused-ring (bicyclic) bond motifs is 1. The van der Waals surface area contributed by atoms with Crippen LogP contribution in [-0.2, 0) is 0 Å². The number of nitrogens with zero attached hydrogens (tertiary/aromatic N) is 1. The van der Waals surface area contributed by atoms with E-state index in [0.29, 0.717) is 23.5 Å². The predicted octanol–water partition coefficient (Wildman–Crippen LogP) is 1.76. The van der Waals surface area contributed by atoms with Gasteiger partial charge in [-0.25, -0.2) is 0 Å². The van der Waals surface area contributed by atoms with Gasteiger partial charge in [-0.1, -0.05) is 13.3 Å². The van der Waals surface area contributed by atoms with Gasteiger partial charge in [-0.2, -0.15) is 5.32 Å². The quantitative estimate of drug-likeness (QED) is 0.571. The van der Waals surface area contributed by atoms with E-state index in [1.54, 1.807) is 18.2 Å². The number of rotatable bonds is 4. The Morgan fingerprint density at radius 2 is 1.94 bits per heavy atom. The number of benzene rings is 1. The Balaban J connectivity index is 2.16. The molecule has 0 saturated carbocycles. The molecule has 4 nitrogen and oxygen atoms in total. The SMILES string of the molecule is CCCCOc1ccc2c(c1)C(=O)[N]C2=O. The zero-order valence-electron chi connectivity index (χ0n) is 9.03. The Labute approximate surface area is 93.6 Å². The number of hydrogen-bond donors (Lipinski definition) is 0. The van der Waals surface area contributed by atoms with E-state index in [1.807, 2.05) is 0 Å². The Morgan fingerprint density at radius 3 is 2.69 bits per heavy atom. The van der Waals surface area contributed by atoms with Gasteiger partial charge in [0.2, 0.25) is 0 Å². The van der Waals surface area contributed by atoms with Crippen molar-refractivity contribution in [3.05, 3.63) is 29.3 Å². The summed E-state index contributed by atoms with van der Waals surface area (Å²) in [5, 5.41) is 3.36. The molecular formula is C12H12NO3. The van der Waals surface area contributed by atoms with E-state index in [9.17, 15) is 9.59 Å². The molecule has 1 radical (unpaired) electrons. The molecule has 0 N–H and O–H groups in total. The Morgan fingerprint density at radius 1 is 1.19 bits per heavy atom. The van der Waals surface area contributed by atoms with Gasteiger partial charge in [0.1, 0.15) is 5.75 Å². The lowest BCUT2D eigenvalue weighted by molar-refractivity contribution is 0.0873. The van der Waals surface area contributed by atoms with Gasteiger partial charge in [0, 0.05) is 0 Å². The fraction of sp³-hybridized carbons (Fsp3) is 0.333. The Bertz CT molecular complexity index is 440. The number of amides is 2. The summed E-state index contributed by atoms with van der Waals surface area (Å²) in [5.74, 6) is -0.313. The highest BCUT2D eigenvalue weighted by molar-refractivity contribution is 6.21. The van der Waals surface area contributed by atoms with Crippen LogP contribution in [-0.4, -0.2) is 18.4 Å². The topological polar surface area (TPSA) is 57.5 Å². The molecule has 1 aliphatic heterocycles. The van der Waals surface area contributed by atoms with E-state index in [-0.39, 0.29) is 0 Å². The normalized spacial score (nSPS) is 13.6. The third-order valence-corrected chi connectivity index (χ3v) is 2.42. The lowest BCUT2D eigenvalue weighted by Gasteiger charge is -2.05. The molecule has 1 aromatic carbocycles. The zero-order valence-corrected chi connectivity index (χ0v) is 9.03. The van der Waals surface area contributed by atoms with E-state index in [2.05, 4.69) is 12.2 Å². The highest BCUT2D eigenvalue weighted by Crippen LogP contribution is 2.22. The van der Waals surface area contributed by atoms with Gasteiger partial charge in [-0.05, 0) is 24.6 Å². The number of imide groups is 1. The third kappa shape index (κ3) is 1.91. The first kappa shape index (κ1) is 10.7.